The van der Waals surface area contributed by atoms with Gasteiger partial charge in [-0.05, 0) is 31.0 Å². The summed E-state index contributed by atoms with van der Waals surface area (Å²) in [5, 5.41) is 0.251. The Bertz CT molecular complexity index is 646. The van der Waals surface area contributed by atoms with Crippen molar-refractivity contribution in [2.75, 3.05) is 6.61 Å². The molecule has 4 nitrogen and oxygen atoms in total. The van der Waals surface area contributed by atoms with Crippen molar-refractivity contribution < 1.29 is 14.3 Å². The molecule has 1 aromatic heterocycles. The van der Waals surface area contributed by atoms with E-state index in [0.717, 1.165) is 5.56 Å². The fraction of sp³-hybridized carbons (Fsp3) is 0.333. The van der Waals surface area contributed by atoms with E-state index in [0.29, 0.717) is 31.1 Å². The summed E-state index contributed by atoms with van der Waals surface area (Å²) in [5.41, 5.74) is 1.65. The molecule has 0 aliphatic heterocycles. The van der Waals surface area contributed by atoms with Crippen molar-refractivity contribution in [2.24, 2.45) is 0 Å². The summed E-state index contributed by atoms with van der Waals surface area (Å²) in [6, 6.07) is 13.3. The number of benzene rings is 1. The van der Waals surface area contributed by atoms with Crippen molar-refractivity contribution >= 4 is 17.6 Å². The SMILES string of the molecule is CCOC(=O)C(CC)c1ccc(OCc2ccccc2)c(Cl)n1. The lowest BCUT2D eigenvalue weighted by atomic mass is 10.0. The van der Waals surface area contributed by atoms with Gasteiger partial charge in [0, 0.05) is 0 Å². The van der Waals surface area contributed by atoms with Gasteiger partial charge in [0.1, 0.15) is 6.61 Å². The van der Waals surface area contributed by atoms with E-state index < -0.39 is 5.92 Å². The van der Waals surface area contributed by atoms with Crippen molar-refractivity contribution in [3.63, 3.8) is 0 Å². The van der Waals surface area contributed by atoms with Crippen molar-refractivity contribution in [1.29, 1.82) is 0 Å². The van der Waals surface area contributed by atoms with E-state index in [1.807, 2.05) is 37.3 Å². The van der Waals surface area contributed by atoms with Gasteiger partial charge >= 0.3 is 5.97 Å². The van der Waals surface area contributed by atoms with Gasteiger partial charge in [0.25, 0.3) is 0 Å². The molecule has 1 aromatic carbocycles. The van der Waals surface area contributed by atoms with E-state index in [1.54, 1.807) is 19.1 Å². The maximum atomic E-state index is 11.9. The Morgan fingerprint density at radius 2 is 1.91 bits per heavy atom. The molecule has 0 fully saturated rings. The van der Waals surface area contributed by atoms with Crippen LogP contribution < -0.4 is 4.74 Å². The number of aromatic nitrogens is 1. The zero-order valence-electron chi connectivity index (χ0n) is 13.3. The van der Waals surface area contributed by atoms with Crippen LogP contribution >= 0.6 is 11.6 Å². The molecule has 0 saturated carbocycles. The Hall–Kier alpha value is -2.07. The molecule has 0 saturated heterocycles. The molecule has 23 heavy (non-hydrogen) atoms. The Morgan fingerprint density at radius 3 is 2.52 bits per heavy atom. The summed E-state index contributed by atoms with van der Waals surface area (Å²) in [7, 11) is 0. The molecular formula is C18H20ClNO3. The molecule has 0 spiro atoms. The topological polar surface area (TPSA) is 48.4 Å². The molecule has 122 valence electrons. The number of carbonyl (C=O) groups excluding carboxylic acids is 1. The fourth-order valence-electron chi connectivity index (χ4n) is 2.21. The number of ether oxygens (including phenoxy) is 2. The van der Waals surface area contributed by atoms with Crippen LogP contribution in [0.2, 0.25) is 5.15 Å². The van der Waals surface area contributed by atoms with Gasteiger partial charge in [-0.3, -0.25) is 4.79 Å². The highest BCUT2D eigenvalue weighted by Crippen LogP contribution is 2.28. The molecule has 0 aliphatic rings. The second kappa shape index (κ2) is 8.53. The average Bonchev–Trinajstić information content (AvgIpc) is 2.56. The Morgan fingerprint density at radius 1 is 1.17 bits per heavy atom. The first-order chi connectivity index (χ1) is 11.2. The summed E-state index contributed by atoms with van der Waals surface area (Å²) >= 11 is 6.19. The van der Waals surface area contributed by atoms with Gasteiger partial charge in [0.05, 0.1) is 18.2 Å². The van der Waals surface area contributed by atoms with Gasteiger partial charge < -0.3 is 9.47 Å². The Labute approximate surface area is 141 Å². The average molecular weight is 334 g/mol. The third-order valence-electron chi connectivity index (χ3n) is 3.41. The van der Waals surface area contributed by atoms with Gasteiger partial charge in [0.2, 0.25) is 0 Å². The van der Waals surface area contributed by atoms with Crippen LogP contribution in [0.5, 0.6) is 5.75 Å². The summed E-state index contributed by atoms with van der Waals surface area (Å²) in [6.45, 7) is 4.46. The van der Waals surface area contributed by atoms with Crippen LogP contribution in [0.1, 0.15) is 37.4 Å². The van der Waals surface area contributed by atoms with Gasteiger partial charge in [-0.1, -0.05) is 48.9 Å². The fourth-order valence-corrected chi connectivity index (χ4v) is 2.43. The zero-order chi connectivity index (χ0) is 16.7. The van der Waals surface area contributed by atoms with Gasteiger partial charge in [-0.2, -0.15) is 0 Å². The van der Waals surface area contributed by atoms with Crippen LogP contribution in [0.3, 0.4) is 0 Å². The van der Waals surface area contributed by atoms with Crippen LogP contribution in [0.15, 0.2) is 42.5 Å². The minimum absolute atomic E-state index is 0.251. The lowest BCUT2D eigenvalue weighted by Crippen LogP contribution is -2.16. The molecule has 2 rings (SSSR count). The summed E-state index contributed by atoms with van der Waals surface area (Å²) < 4.78 is 10.8. The summed E-state index contributed by atoms with van der Waals surface area (Å²) in [5.74, 6) is -0.190. The van der Waals surface area contributed by atoms with E-state index in [4.69, 9.17) is 21.1 Å². The number of hydrogen-bond donors (Lipinski definition) is 0. The van der Waals surface area contributed by atoms with Gasteiger partial charge in [-0.25, -0.2) is 4.98 Å². The third kappa shape index (κ3) is 4.70. The molecular weight excluding hydrogens is 314 g/mol. The molecule has 1 heterocycles. The molecule has 0 N–H and O–H groups in total. The molecule has 2 aromatic rings. The van der Waals surface area contributed by atoms with E-state index in [1.165, 1.54) is 0 Å². The quantitative estimate of drug-likeness (QED) is 0.557. The first-order valence-electron chi connectivity index (χ1n) is 7.65. The van der Waals surface area contributed by atoms with E-state index >= 15 is 0 Å². The number of halogens is 1. The molecule has 1 unspecified atom stereocenters. The summed E-state index contributed by atoms with van der Waals surface area (Å²) in [6.07, 6.45) is 0.604. The largest absolute Gasteiger partial charge is 0.486 e. The lowest BCUT2D eigenvalue weighted by Gasteiger charge is -2.14. The summed E-state index contributed by atoms with van der Waals surface area (Å²) in [4.78, 5) is 16.2. The first kappa shape index (κ1) is 17.3. The van der Waals surface area contributed by atoms with E-state index in [9.17, 15) is 4.79 Å². The minimum Gasteiger partial charge on any atom is -0.486 e. The second-order valence-electron chi connectivity index (χ2n) is 5.01. The lowest BCUT2D eigenvalue weighted by molar-refractivity contribution is -0.145. The predicted molar refractivity (Wildman–Crippen MR) is 89.7 cm³/mol. The van der Waals surface area contributed by atoms with Crippen molar-refractivity contribution in [2.45, 2.75) is 32.8 Å². The van der Waals surface area contributed by atoms with Crippen LogP contribution in [-0.4, -0.2) is 17.6 Å². The van der Waals surface area contributed by atoms with Gasteiger partial charge in [0.15, 0.2) is 10.9 Å². The van der Waals surface area contributed by atoms with Gasteiger partial charge in [-0.15, -0.1) is 0 Å². The van der Waals surface area contributed by atoms with E-state index in [2.05, 4.69) is 4.98 Å². The Kier molecular flexibility index (Phi) is 6.41. The zero-order valence-corrected chi connectivity index (χ0v) is 14.0. The normalized spacial score (nSPS) is 11.8. The first-order valence-corrected chi connectivity index (χ1v) is 8.03. The maximum Gasteiger partial charge on any atom is 0.315 e. The number of rotatable bonds is 7. The predicted octanol–water partition coefficient (Wildman–Crippen LogP) is 4.37. The molecule has 5 heteroatoms. The van der Waals surface area contributed by atoms with Crippen molar-refractivity contribution in [3.8, 4) is 5.75 Å². The molecule has 0 aliphatic carbocycles. The number of nitrogens with zero attached hydrogens (tertiary/aromatic N) is 1. The molecule has 0 radical (unpaired) electrons. The highest BCUT2D eigenvalue weighted by Gasteiger charge is 2.22. The van der Waals surface area contributed by atoms with Crippen LogP contribution in [0.25, 0.3) is 0 Å². The minimum atomic E-state index is -0.407. The number of esters is 1. The number of pyridine rings is 1. The van der Waals surface area contributed by atoms with Crippen molar-refractivity contribution in [3.05, 3.63) is 58.9 Å². The third-order valence-corrected chi connectivity index (χ3v) is 3.68. The van der Waals surface area contributed by atoms with E-state index in [-0.39, 0.29) is 11.1 Å². The second-order valence-corrected chi connectivity index (χ2v) is 5.37. The number of hydrogen-bond acceptors (Lipinski definition) is 4. The number of carbonyl (C=O) groups is 1. The Balaban J connectivity index is 2.09. The van der Waals surface area contributed by atoms with Crippen molar-refractivity contribution in [1.82, 2.24) is 4.98 Å². The highest BCUT2D eigenvalue weighted by molar-refractivity contribution is 6.30. The van der Waals surface area contributed by atoms with Crippen LogP contribution in [0.4, 0.5) is 0 Å². The molecule has 0 bridgehead atoms. The van der Waals surface area contributed by atoms with Crippen LogP contribution in [0, 0.1) is 0 Å². The smallest absolute Gasteiger partial charge is 0.315 e. The monoisotopic (exact) mass is 333 g/mol. The standard InChI is InChI=1S/C18H20ClNO3/c1-3-14(18(21)22-4-2)15-10-11-16(17(19)20-15)23-12-13-8-6-5-7-9-13/h5-11,14H,3-4,12H2,1-2H3. The molecule has 1 atom stereocenters. The maximum absolute atomic E-state index is 11.9. The highest BCUT2D eigenvalue weighted by atomic mass is 35.5. The molecule has 0 amide bonds. The van der Waals surface area contributed by atoms with Crippen LogP contribution in [-0.2, 0) is 16.1 Å².